The average Bonchev–Trinajstić information content (AvgIpc) is 2.88. The van der Waals surface area contributed by atoms with Crippen molar-refractivity contribution in [3.8, 4) is 6.07 Å². The Labute approximate surface area is 147 Å². The number of imide groups is 1. The van der Waals surface area contributed by atoms with Crippen LogP contribution in [0.1, 0.15) is 0 Å². The molecule has 7 nitrogen and oxygen atoms in total. The number of amides is 3. The highest BCUT2D eigenvalue weighted by molar-refractivity contribution is 8.14. The van der Waals surface area contributed by atoms with Gasteiger partial charge in [0.15, 0.2) is 0 Å². The number of benzene rings is 1. The first-order valence-corrected chi connectivity index (χ1v) is 8.25. The zero-order valence-corrected chi connectivity index (χ0v) is 14.0. The van der Waals surface area contributed by atoms with E-state index in [-0.39, 0.29) is 35.6 Å². The number of carbonyl (C=O) groups is 3. The van der Waals surface area contributed by atoms with Crippen molar-refractivity contribution in [1.29, 1.82) is 5.26 Å². The van der Waals surface area contributed by atoms with Crippen LogP contribution in [0.4, 0.5) is 10.5 Å². The summed E-state index contributed by atoms with van der Waals surface area (Å²) in [4.78, 5) is 35.9. The molecule has 1 aromatic carbocycles. The lowest BCUT2D eigenvalue weighted by Crippen LogP contribution is -2.34. The molecule has 2 N–H and O–H groups in total. The molecule has 1 aliphatic heterocycles. The van der Waals surface area contributed by atoms with Crippen LogP contribution < -0.4 is 10.6 Å². The lowest BCUT2D eigenvalue weighted by molar-refractivity contribution is -0.124. The van der Waals surface area contributed by atoms with Crippen molar-refractivity contribution in [1.82, 2.24) is 10.2 Å². The molecule has 24 heavy (non-hydrogen) atoms. The molecule has 9 heteroatoms. The van der Waals surface area contributed by atoms with Gasteiger partial charge in [-0.2, -0.15) is 5.26 Å². The highest BCUT2D eigenvalue weighted by Gasteiger charge is 2.28. The molecule has 3 amide bonds. The van der Waals surface area contributed by atoms with Gasteiger partial charge in [-0.1, -0.05) is 23.4 Å². The minimum atomic E-state index is -0.573. The number of hydrogen-bond donors (Lipinski definition) is 2. The molecule has 1 aromatic rings. The van der Waals surface area contributed by atoms with Gasteiger partial charge >= 0.3 is 0 Å². The van der Waals surface area contributed by atoms with Crippen molar-refractivity contribution >= 4 is 46.1 Å². The molecule has 0 aliphatic carbocycles. The maximum atomic E-state index is 12.0. The normalized spacial score (nSPS) is 14.5. The molecule has 0 aromatic heterocycles. The first-order chi connectivity index (χ1) is 11.5. The molecule has 0 unspecified atom stereocenters. The molecule has 1 saturated heterocycles. The third-order valence-electron chi connectivity index (χ3n) is 3.03. The monoisotopic (exact) mass is 364 g/mol. The van der Waals surface area contributed by atoms with Crippen LogP contribution in [0.25, 0.3) is 0 Å². The van der Waals surface area contributed by atoms with Crippen LogP contribution in [0.5, 0.6) is 0 Å². The van der Waals surface area contributed by atoms with Crippen LogP contribution in [0.3, 0.4) is 0 Å². The molecule has 1 fully saturated rings. The van der Waals surface area contributed by atoms with Gasteiger partial charge in [-0.05, 0) is 24.3 Å². The minimum absolute atomic E-state index is 0.126. The minimum Gasteiger partial charge on any atom is -0.388 e. The SMILES string of the molecule is N#C/C(=C/NCCN1C(=O)CSC1=O)C(=O)Nc1ccc(Cl)cc1. The van der Waals surface area contributed by atoms with Gasteiger partial charge in [0.05, 0.1) is 5.75 Å². The van der Waals surface area contributed by atoms with E-state index in [1.165, 1.54) is 6.20 Å². The summed E-state index contributed by atoms with van der Waals surface area (Å²) in [5.74, 6) is -0.658. The van der Waals surface area contributed by atoms with E-state index in [1.54, 1.807) is 30.3 Å². The predicted molar refractivity (Wildman–Crippen MR) is 91.3 cm³/mol. The van der Waals surface area contributed by atoms with Crippen LogP contribution in [0.2, 0.25) is 5.02 Å². The van der Waals surface area contributed by atoms with Gasteiger partial charge in [0, 0.05) is 30.0 Å². The van der Waals surface area contributed by atoms with Crippen molar-refractivity contribution in [2.24, 2.45) is 0 Å². The van der Waals surface area contributed by atoms with Gasteiger partial charge in [-0.15, -0.1) is 0 Å². The van der Waals surface area contributed by atoms with Crippen molar-refractivity contribution in [3.05, 3.63) is 41.1 Å². The largest absolute Gasteiger partial charge is 0.388 e. The molecule has 1 aliphatic rings. The topological polar surface area (TPSA) is 102 Å². The van der Waals surface area contributed by atoms with E-state index in [0.717, 1.165) is 16.7 Å². The van der Waals surface area contributed by atoms with Crippen LogP contribution >= 0.6 is 23.4 Å². The molecule has 0 bridgehead atoms. The summed E-state index contributed by atoms with van der Waals surface area (Å²) in [6.07, 6.45) is 1.25. The number of thioether (sulfide) groups is 1. The van der Waals surface area contributed by atoms with Gasteiger partial charge in [0.2, 0.25) is 5.91 Å². The predicted octanol–water partition coefficient (Wildman–Crippen LogP) is 1.97. The first-order valence-electron chi connectivity index (χ1n) is 6.89. The van der Waals surface area contributed by atoms with Crippen molar-refractivity contribution < 1.29 is 14.4 Å². The Hall–Kier alpha value is -2.50. The Morgan fingerprint density at radius 1 is 1.38 bits per heavy atom. The second kappa shape index (κ2) is 8.38. The van der Waals surface area contributed by atoms with E-state index < -0.39 is 5.91 Å². The standard InChI is InChI=1S/C15H13ClN4O3S/c16-11-1-3-12(4-2-11)19-14(22)10(7-17)8-18-5-6-20-13(21)9-24-15(20)23/h1-4,8,18H,5-6,9H2,(H,19,22)/b10-8-. The molecule has 0 spiro atoms. The number of nitrogens with one attached hydrogen (secondary N) is 2. The third kappa shape index (κ3) is 4.75. The molecule has 124 valence electrons. The summed E-state index contributed by atoms with van der Waals surface area (Å²) in [7, 11) is 0. The average molecular weight is 365 g/mol. The number of rotatable bonds is 6. The Balaban J connectivity index is 1.86. The Kier molecular flexibility index (Phi) is 6.23. The number of anilines is 1. The fourth-order valence-electron chi connectivity index (χ4n) is 1.83. The second-order valence-electron chi connectivity index (χ2n) is 4.68. The number of hydrogen-bond acceptors (Lipinski definition) is 6. The zero-order valence-electron chi connectivity index (χ0n) is 12.4. The molecule has 0 saturated carbocycles. The van der Waals surface area contributed by atoms with E-state index in [1.807, 2.05) is 0 Å². The van der Waals surface area contributed by atoms with E-state index in [9.17, 15) is 14.4 Å². The van der Waals surface area contributed by atoms with E-state index in [4.69, 9.17) is 16.9 Å². The number of halogens is 1. The van der Waals surface area contributed by atoms with Gasteiger partial charge in [-0.3, -0.25) is 19.3 Å². The number of carbonyl (C=O) groups excluding carboxylic acids is 3. The van der Waals surface area contributed by atoms with E-state index in [2.05, 4.69) is 10.6 Å². The smallest absolute Gasteiger partial charge is 0.288 e. The zero-order chi connectivity index (χ0) is 17.5. The summed E-state index contributed by atoms with van der Waals surface area (Å²) >= 11 is 6.71. The lowest BCUT2D eigenvalue weighted by atomic mass is 10.2. The van der Waals surface area contributed by atoms with Crippen molar-refractivity contribution in [3.63, 3.8) is 0 Å². The quantitative estimate of drug-likeness (QED) is 0.454. The summed E-state index contributed by atoms with van der Waals surface area (Å²) in [6.45, 7) is 0.427. The van der Waals surface area contributed by atoms with Crippen molar-refractivity contribution in [2.45, 2.75) is 0 Å². The number of nitrogens with zero attached hydrogens (tertiary/aromatic N) is 2. The molecule has 2 rings (SSSR count). The second-order valence-corrected chi connectivity index (χ2v) is 6.05. The van der Waals surface area contributed by atoms with E-state index >= 15 is 0 Å². The summed E-state index contributed by atoms with van der Waals surface area (Å²) in [6, 6.07) is 8.26. The fraction of sp³-hybridized carbons (Fsp3) is 0.200. The molecule has 1 heterocycles. The Morgan fingerprint density at radius 2 is 2.08 bits per heavy atom. The number of nitriles is 1. The van der Waals surface area contributed by atoms with E-state index in [0.29, 0.717) is 10.7 Å². The van der Waals surface area contributed by atoms with Crippen molar-refractivity contribution in [2.75, 3.05) is 24.2 Å². The van der Waals surface area contributed by atoms with Crippen LogP contribution in [0.15, 0.2) is 36.0 Å². The summed E-state index contributed by atoms with van der Waals surface area (Å²) in [5.41, 5.74) is 0.384. The lowest BCUT2D eigenvalue weighted by Gasteiger charge is -2.12. The highest BCUT2D eigenvalue weighted by Crippen LogP contribution is 2.17. The van der Waals surface area contributed by atoms with Crippen LogP contribution in [-0.4, -0.2) is 40.8 Å². The third-order valence-corrected chi connectivity index (χ3v) is 4.14. The maximum Gasteiger partial charge on any atom is 0.288 e. The summed E-state index contributed by atoms with van der Waals surface area (Å²) < 4.78 is 0. The highest BCUT2D eigenvalue weighted by atomic mass is 35.5. The van der Waals surface area contributed by atoms with Crippen LogP contribution in [-0.2, 0) is 9.59 Å². The molecule has 0 atom stereocenters. The molecular weight excluding hydrogens is 352 g/mol. The van der Waals surface area contributed by atoms with Gasteiger partial charge in [-0.25, -0.2) is 0 Å². The van der Waals surface area contributed by atoms with Gasteiger partial charge < -0.3 is 10.6 Å². The Morgan fingerprint density at radius 3 is 2.67 bits per heavy atom. The Bertz CT molecular complexity index is 711. The maximum absolute atomic E-state index is 12.0. The van der Waals surface area contributed by atoms with Gasteiger partial charge in [0.1, 0.15) is 11.6 Å². The fourth-order valence-corrected chi connectivity index (χ4v) is 2.71. The van der Waals surface area contributed by atoms with Crippen LogP contribution in [0, 0.1) is 11.3 Å². The first kappa shape index (κ1) is 17.8. The van der Waals surface area contributed by atoms with Gasteiger partial charge in [0.25, 0.3) is 11.1 Å². The summed E-state index contributed by atoms with van der Waals surface area (Å²) in [5, 5.41) is 14.6. The molecule has 0 radical (unpaired) electrons. The molecular formula is C15H13ClN4O3S.